The van der Waals surface area contributed by atoms with Crippen LogP contribution in [-0.4, -0.2) is 43.3 Å². The molecule has 3 rings (SSSR count). The minimum Gasteiger partial charge on any atom is -0.496 e. The SMILES string of the molecule is COC(=O)c1ccc(NC(=S)N2CCC(c3ccccc3OC)CC2)cc1. The van der Waals surface area contributed by atoms with Crippen molar-refractivity contribution in [3.63, 3.8) is 0 Å². The minimum absolute atomic E-state index is 0.345. The Hall–Kier alpha value is -2.60. The largest absolute Gasteiger partial charge is 0.496 e. The second kappa shape index (κ2) is 8.86. The van der Waals surface area contributed by atoms with Crippen molar-refractivity contribution in [2.45, 2.75) is 18.8 Å². The zero-order valence-electron chi connectivity index (χ0n) is 15.6. The summed E-state index contributed by atoms with van der Waals surface area (Å²) < 4.78 is 10.2. The van der Waals surface area contributed by atoms with Gasteiger partial charge >= 0.3 is 5.97 Å². The van der Waals surface area contributed by atoms with Crippen molar-refractivity contribution in [3.05, 3.63) is 59.7 Å². The number of hydrogen-bond donors (Lipinski definition) is 1. The number of thiocarbonyl (C=S) groups is 1. The third-order valence-electron chi connectivity index (χ3n) is 4.92. The smallest absolute Gasteiger partial charge is 0.337 e. The highest BCUT2D eigenvalue weighted by atomic mass is 32.1. The van der Waals surface area contributed by atoms with Crippen molar-refractivity contribution in [1.29, 1.82) is 0 Å². The molecule has 1 fully saturated rings. The van der Waals surface area contributed by atoms with Crippen LogP contribution in [0.5, 0.6) is 5.75 Å². The van der Waals surface area contributed by atoms with Gasteiger partial charge < -0.3 is 19.7 Å². The van der Waals surface area contributed by atoms with Crippen LogP contribution in [0, 0.1) is 0 Å². The number of likely N-dealkylation sites (tertiary alicyclic amines) is 1. The summed E-state index contributed by atoms with van der Waals surface area (Å²) in [6.45, 7) is 1.80. The molecular formula is C21H24N2O3S. The molecular weight excluding hydrogens is 360 g/mol. The summed E-state index contributed by atoms with van der Waals surface area (Å²) in [5.41, 5.74) is 2.66. The lowest BCUT2D eigenvalue weighted by Gasteiger charge is -2.34. The van der Waals surface area contributed by atoms with Crippen LogP contribution in [0.4, 0.5) is 5.69 Å². The third kappa shape index (κ3) is 4.57. The zero-order valence-corrected chi connectivity index (χ0v) is 16.4. The Labute approximate surface area is 165 Å². The van der Waals surface area contributed by atoms with Crippen LogP contribution in [0.3, 0.4) is 0 Å². The van der Waals surface area contributed by atoms with Crippen LogP contribution in [-0.2, 0) is 4.74 Å². The number of piperidine rings is 1. The number of rotatable bonds is 4. The molecule has 1 heterocycles. The van der Waals surface area contributed by atoms with E-state index in [1.807, 2.05) is 24.3 Å². The van der Waals surface area contributed by atoms with Crippen LogP contribution in [0.1, 0.15) is 34.7 Å². The molecule has 27 heavy (non-hydrogen) atoms. The fourth-order valence-corrected chi connectivity index (χ4v) is 3.71. The first kappa shape index (κ1) is 19.2. The number of methoxy groups -OCH3 is 2. The lowest BCUT2D eigenvalue weighted by atomic mass is 9.89. The monoisotopic (exact) mass is 384 g/mol. The number of carbonyl (C=O) groups excluding carboxylic acids is 1. The number of hydrogen-bond acceptors (Lipinski definition) is 4. The molecule has 6 heteroatoms. The predicted molar refractivity (Wildman–Crippen MR) is 111 cm³/mol. The van der Waals surface area contributed by atoms with Crippen molar-refractivity contribution in [2.24, 2.45) is 0 Å². The molecule has 0 saturated carbocycles. The summed E-state index contributed by atoms with van der Waals surface area (Å²) in [5.74, 6) is 1.10. The standard InChI is InChI=1S/C21H24N2O3S/c1-25-19-6-4-3-5-18(19)15-11-13-23(14-12-15)21(27)22-17-9-7-16(8-10-17)20(24)26-2/h3-10,15H,11-14H2,1-2H3,(H,22,27). The summed E-state index contributed by atoms with van der Waals surface area (Å²) in [5, 5.41) is 3.96. The molecule has 0 bridgehead atoms. The van der Waals surface area contributed by atoms with E-state index in [0.717, 1.165) is 37.4 Å². The Kier molecular flexibility index (Phi) is 6.29. The molecule has 1 saturated heterocycles. The van der Waals surface area contributed by atoms with Crippen LogP contribution >= 0.6 is 12.2 Å². The Morgan fingerprint density at radius 1 is 1.07 bits per heavy atom. The summed E-state index contributed by atoms with van der Waals surface area (Å²) in [6.07, 6.45) is 2.06. The van der Waals surface area contributed by atoms with Gasteiger partial charge in [-0.1, -0.05) is 18.2 Å². The first-order chi connectivity index (χ1) is 13.1. The second-order valence-corrected chi connectivity index (χ2v) is 6.89. The van der Waals surface area contributed by atoms with E-state index in [-0.39, 0.29) is 5.97 Å². The van der Waals surface area contributed by atoms with E-state index in [1.54, 1.807) is 19.2 Å². The number of para-hydroxylation sites is 1. The molecule has 0 aliphatic carbocycles. The molecule has 1 aliphatic heterocycles. The van der Waals surface area contributed by atoms with Gasteiger partial charge in [-0.3, -0.25) is 0 Å². The average molecular weight is 385 g/mol. The van der Waals surface area contributed by atoms with Crippen LogP contribution in [0.2, 0.25) is 0 Å². The normalized spacial score (nSPS) is 14.5. The molecule has 0 aromatic heterocycles. The van der Waals surface area contributed by atoms with E-state index in [4.69, 9.17) is 21.7 Å². The first-order valence-electron chi connectivity index (χ1n) is 8.99. The van der Waals surface area contributed by atoms with E-state index in [0.29, 0.717) is 16.6 Å². The van der Waals surface area contributed by atoms with Crippen molar-refractivity contribution in [2.75, 3.05) is 32.6 Å². The predicted octanol–water partition coefficient (Wildman–Crippen LogP) is 4.06. The van der Waals surface area contributed by atoms with Crippen molar-refractivity contribution >= 4 is 29.0 Å². The molecule has 0 spiro atoms. The van der Waals surface area contributed by atoms with E-state index in [2.05, 4.69) is 22.3 Å². The van der Waals surface area contributed by atoms with Gasteiger partial charge in [-0.05, 0) is 66.9 Å². The van der Waals surface area contributed by atoms with Gasteiger partial charge in [-0.15, -0.1) is 0 Å². The topological polar surface area (TPSA) is 50.8 Å². The summed E-state index contributed by atoms with van der Waals surface area (Å²) in [6, 6.07) is 15.4. The Morgan fingerprint density at radius 3 is 2.37 bits per heavy atom. The van der Waals surface area contributed by atoms with Gasteiger partial charge in [0.1, 0.15) is 5.75 Å². The average Bonchev–Trinajstić information content (AvgIpc) is 2.73. The number of esters is 1. The number of benzene rings is 2. The lowest BCUT2D eigenvalue weighted by Crippen LogP contribution is -2.40. The number of nitrogens with zero attached hydrogens (tertiary/aromatic N) is 1. The van der Waals surface area contributed by atoms with Crippen LogP contribution in [0.25, 0.3) is 0 Å². The maximum Gasteiger partial charge on any atom is 0.337 e. The van der Waals surface area contributed by atoms with Gasteiger partial charge in [0, 0.05) is 18.8 Å². The van der Waals surface area contributed by atoms with Crippen LogP contribution in [0.15, 0.2) is 48.5 Å². The fourth-order valence-electron chi connectivity index (χ4n) is 3.41. The molecule has 0 atom stereocenters. The number of ether oxygens (including phenoxy) is 2. The van der Waals surface area contributed by atoms with Gasteiger partial charge in [0.05, 0.1) is 19.8 Å². The van der Waals surface area contributed by atoms with E-state index >= 15 is 0 Å². The summed E-state index contributed by atoms with van der Waals surface area (Å²) in [4.78, 5) is 13.7. The molecule has 5 nitrogen and oxygen atoms in total. The van der Waals surface area contributed by atoms with E-state index in [1.165, 1.54) is 12.7 Å². The fraction of sp³-hybridized carbons (Fsp3) is 0.333. The number of carbonyl (C=O) groups is 1. The molecule has 0 radical (unpaired) electrons. The first-order valence-corrected chi connectivity index (χ1v) is 9.40. The Bertz CT molecular complexity index is 799. The highest BCUT2D eigenvalue weighted by Crippen LogP contribution is 2.34. The third-order valence-corrected chi connectivity index (χ3v) is 5.28. The van der Waals surface area contributed by atoms with Gasteiger partial charge in [0.15, 0.2) is 5.11 Å². The van der Waals surface area contributed by atoms with Gasteiger partial charge in [-0.25, -0.2) is 4.79 Å². The molecule has 1 aliphatic rings. The lowest BCUT2D eigenvalue weighted by molar-refractivity contribution is 0.0601. The second-order valence-electron chi connectivity index (χ2n) is 6.50. The molecule has 142 valence electrons. The maximum atomic E-state index is 11.5. The minimum atomic E-state index is -0.345. The highest BCUT2D eigenvalue weighted by Gasteiger charge is 2.24. The Morgan fingerprint density at radius 2 is 1.74 bits per heavy atom. The Balaban J connectivity index is 1.56. The van der Waals surface area contributed by atoms with Gasteiger partial charge in [0.25, 0.3) is 0 Å². The van der Waals surface area contributed by atoms with Crippen molar-refractivity contribution in [3.8, 4) is 5.75 Å². The quantitative estimate of drug-likeness (QED) is 0.634. The molecule has 2 aromatic rings. The van der Waals surface area contributed by atoms with Crippen molar-refractivity contribution in [1.82, 2.24) is 4.90 Å². The number of nitrogens with one attached hydrogen (secondary N) is 1. The van der Waals surface area contributed by atoms with Gasteiger partial charge in [-0.2, -0.15) is 0 Å². The van der Waals surface area contributed by atoms with Crippen LogP contribution < -0.4 is 10.1 Å². The summed E-state index contributed by atoms with van der Waals surface area (Å²) in [7, 11) is 3.09. The zero-order chi connectivity index (χ0) is 19.2. The van der Waals surface area contributed by atoms with E-state index < -0.39 is 0 Å². The maximum absolute atomic E-state index is 11.5. The molecule has 1 N–H and O–H groups in total. The molecule has 0 amide bonds. The highest BCUT2D eigenvalue weighted by molar-refractivity contribution is 7.80. The van der Waals surface area contributed by atoms with Gasteiger partial charge in [0.2, 0.25) is 0 Å². The number of anilines is 1. The van der Waals surface area contributed by atoms with E-state index in [9.17, 15) is 4.79 Å². The van der Waals surface area contributed by atoms with Crippen molar-refractivity contribution < 1.29 is 14.3 Å². The summed E-state index contributed by atoms with van der Waals surface area (Å²) >= 11 is 5.57. The molecule has 0 unspecified atom stereocenters. The molecule has 2 aromatic carbocycles.